The zero-order valence-electron chi connectivity index (χ0n) is 10.7. The highest BCUT2D eigenvalue weighted by Gasteiger charge is 2.15. The second kappa shape index (κ2) is 6.34. The summed E-state index contributed by atoms with van der Waals surface area (Å²) in [5.74, 6) is 0. The molecule has 2 aromatic carbocycles. The number of rotatable bonds is 5. The summed E-state index contributed by atoms with van der Waals surface area (Å²) in [7, 11) is 0. The van der Waals surface area contributed by atoms with Crippen molar-refractivity contribution in [3.8, 4) is 0 Å². The van der Waals surface area contributed by atoms with Gasteiger partial charge in [-0.05, 0) is 23.6 Å². The summed E-state index contributed by atoms with van der Waals surface area (Å²) < 4.78 is 5.92. The highest BCUT2D eigenvalue weighted by atomic mass is 16.5. The van der Waals surface area contributed by atoms with Crippen LogP contribution in [-0.2, 0) is 4.74 Å². The predicted octanol–water partition coefficient (Wildman–Crippen LogP) is 3.06. The van der Waals surface area contributed by atoms with Crippen LogP contribution in [0.1, 0.15) is 22.8 Å². The third-order valence-corrected chi connectivity index (χ3v) is 2.98. The van der Waals surface area contributed by atoms with Crippen molar-refractivity contribution in [3.63, 3.8) is 0 Å². The van der Waals surface area contributed by atoms with E-state index in [1.54, 1.807) is 0 Å². The fourth-order valence-corrected chi connectivity index (χ4v) is 2.06. The summed E-state index contributed by atoms with van der Waals surface area (Å²) in [6, 6.07) is 18.6. The van der Waals surface area contributed by atoms with Crippen LogP contribution in [0.4, 0.5) is 0 Å². The Morgan fingerprint density at radius 3 is 2.33 bits per heavy atom. The van der Waals surface area contributed by atoms with E-state index in [-0.39, 0.29) is 6.10 Å². The maximum atomic E-state index is 5.92. The minimum absolute atomic E-state index is 0.0315. The molecule has 0 aliphatic heterocycles. The molecule has 1 unspecified atom stereocenters. The molecule has 0 saturated carbocycles. The topological polar surface area (TPSA) is 35.2 Å². The third kappa shape index (κ3) is 2.97. The molecule has 0 heterocycles. The predicted molar refractivity (Wildman–Crippen MR) is 74.5 cm³/mol. The Morgan fingerprint density at radius 1 is 1.00 bits per heavy atom. The summed E-state index contributed by atoms with van der Waals surface area (Å²) >= 11 is 0. The largest absolute Gasteiger partial charge is 0.367 e. The number of hydrogen-bond acceptors (Lipinski definition) is 2. The van der Waals surface area contributed by atoms with Gasteiger partial charge in [-0.15, -0.1) is 0 Å². The van der Waals surface area contributed by atoms with Crippen LogP contribution >= 0.6 is 0 Å². The van der Waals surface area contributed by atoms with Crippen molar-refractivity contribution in [2.45, 2.75) is 13.0 Å². The molecule has 1 atom stereocenters. The normalized spacial score (nSPS) is 12.3. The Morgan fingerprint density at radius 2 is 1.67 bits per heavy atom. The van der Waals surface area contributed by atoms with Crippen molar-refractivity contribution in [1.82, 2.24) is 0 Å². The molecule has 2 rings (SSSR count). The van der Waals surface area contributed by atoms with Crippen molar-refractivity contribution in [3.05, 3.63) is 71.3 Å². The van der Waals surface area contributed by atoms with Crippen LogP contribution in [-0.4, -0.2) is 13.2 Å². The first-order valence-corrected chi connectivity index (χ1v) is 6.25. The Kier molecular flexibility index (Phi) is 4.51. The van der Waals surface area contributed by atoms with Gasteiger partial charge in [0, 0.05) is 6.54 Å². The second-order valence-corrected chi connectivity index (χ2v) is 4.31. The van der Waals surface area contributed by atoms with Crippen LogP contribution in [0.3, 0.4) is 0 Å². The number of nitrogens with two attached hydrogens (primary N) is 1. The number of hydrogen-bond donors (Lipinski definition) is 1. The highest BCUT2D eigenvalue weighted by Crippen LogP contribution is 2.27. The van der Waals surface area contributed by atoms with Gasteiger partial charge in [0.25, 0.3) is 0 Å². The summed E-state index contributed by atoms with van der Waals surface area (Å²) in [5.41, 5.74) is 9.16. The average molecular weight is 241 g/mol. The van der Waals surface area contributed by atoms with Gasteiger partial charge in [0.1, 0.15) is 6.10 Å². The van der Waals surface area contributed by atoms with E-state index in [1.165, 1.54) is 16.7 Å². The fourth-order valence-electron chi connectivity index (χ4n) is 2.06. The maximum Gasteiger partial charge on any atom is 0.108 e. The van der Waals surface area contributed by atoms with E-state index in [9.17, 15) is 0 Å². The fraction of sp³-hybridized carbons (Fsp3) is 0.250. The van der Waals surface area contributed by atoms with Gasteiger partial charge in [0.15, 0.2) is 0 Å². The molecule has 2 N–H and O–H groups in total. The van der Waals surface area contributed by atoms with E-state index in [2.05, 4.69) is 31.2 Å². The van der Waals surface area contributed by atoms with E-state index in [1.807, 2.05) is 30.3 Å². The van der Waals surface area contributed by atoms with Gasteiger partial charge in [0.05, 0.1) is 6.61 Å². The first-order chi connectivity index (χ1) is 8.83. The zero-order chi connectivity index (χ0) is 12.8. The van der Waals surface area contributed by atoms with Crippen LogP contribution in [0.2, 0.25) is 0 Å². The number of aryl methyl sites for hydroxylation is 1. The van der Waals surface area contributed by atoms with Crippen molar-refractivity contribution >= 4 is 0 Å². The lowest BCUT2D eigenvalue weighted by Gasteiger charge is -2.20. The summed E-state index contributed by atoms with van der Waals surface area (Å²) in [4.78, 5) is 0. The van der Waals surface area contributed by atoms with E-state index in [0.717, 1.165) is 0 Å². The average Bonchev–Trinajstić information content (AvgIpc) is 2.42. The summed E-state index contributed by atoms with van der Waals surface area (Å²) in [6.45, 7) is 3.21. The molecule has 0 fully saturated rings. The minimum atomic E-state index is -0.0315. The molecule has 0 saturated heterocycles. The lowest BCUT2D eigenvalue weighted by Crippen LogP contribution is -2.14. The maximum absolute atomic E-state index is 5.92. The highest BCUT2D eigenvalue weighted by molar-refractivity contribution is 5.35. The third-order valence-electron chi connectivity index (χ3n) is 2.98. The van der Waals surface area contributed by atoms with E-state index < -0.39 is 0 Å². The lowest BCUT2D eigenvalue weighted by atomic mass is 9.97. The quantitative estimate of drug-likeness (QED) is 0.873. The molecular formula is C16H19NO. The molecule has 2 aromatic rings. The van der Waals surface area contributed by atoms with E-state index in [4.69, 9.17) is 10.5 Å². The second-order valence-electron chi connectivity index (χ2n) is 4.31. The first kappa shape index (κ1) is 12.8. The molecule has 2 heteroatoms. The number of ether oxygens (including phenoxy) is 1. The molecule has 18 heavy (non-hydrogen) atoms. The van der Waals surface area contributed by atoms with Gasteiger partial charge in [0.2, 0.25) is 0 Å². The molecule has 0 amide bonds. The molecule has 0 aliphatic carbocycles. The molecule has 0 aliphatic rings. The van der Waals surface area contributed by atoms with Crippen LogP contribution in [0.15, 0.2) is 54.6 Å². The van der Waals surface area contributed by atoms with Crippen molar-refractivity contribution in [2.24, 2.45) is 5.73 Å². The van der Waals surface area contributed by atoms with Gasteiger partial charge < -0.3 is 10.5 Å². The Hall–Kier alpha value is -1.64. The van der Waals surface area contributed by atoms with Crippen molar-refractivity contribution < 1.29 is 4.74 Å². The van der Waals surface area contributed by atoms with Crippen LogP contribution < -0.4 is 5.73 Å². The smallest absolute Gasteiger partial charge is 0.108 e. The van der Waals surface area contributed by atoms with Crippen LogP contribution in [0.5, 0.6) is 0 Å². The lowest BCUT2D eigenvalue weighted by molar-refractivity contribution is 0.0860. The minimum Gasteiger partial charge on any atom is -0.367 e. The van der Waals surface area contributed by atoms with Gasteiger partial charge in [-0.1, -0.05) is 54.6 Å². The molecule has 94 valence electrons. The van der Waals surface area contributed by atoms with E-state index >= 15 is 0 Å². The standard InChI is InChI=1S/C16H19NO/c1-13-7-5-6-10-15(13)16(18-12-11-17)14-8-3-2-4-9-14/h2-10,16H,11-12,17H2,1H3. The van der Waals surface area contributed by atoms with Crippen LogP contribution in [0.25, 0.3) is 0 Å². The van der Waals surface area contributed by atoms with E-state index in [0.29, 0.717) is 13.2 Å². The first-order valence-electron chi connectivity index (χ1n) is 6.25. The Labute approximate surface area is 108 Å². The van der Waals surface area contributed by atoms with Gasteiger partial charge in [-0.2, -0.15) is 0 Å². The van der Waals surface area contributed by atoms with Crippen molar-refractivity contribution in [2.75, 3.05) is 13.2 Å². The zero-order valence-corrected chi connectivity index (χ0v) is 10.7. The summed E-state index contributed by atoms with van der Waals surface area (Å²) in [5, 5.41) is 0. The van der Waals surface area contributed by atoms with Gasteiger partial charge >= 0.3 is 0 Å². The van der Waals surface area contributed by atoms with Crippen molar-refractivity contribution in [1.29, 1.82) is 0 Å². The Bertz CT molecular complexity index is 481. The monoisotopic (exact) mass is 241 g/mol. The molecule has 2 nitrogen and oxygen atoms in total. The van der Waals surface area contributed by atoms with Crippen LogP contribution in [0, 0.1) is 6.92 Å². The van der Waals surface area contributed by atoms with Gasteiger partial charge in [-0.25, -0.2) is 0 Å². The molecule has 0 spiro atoms. The molecule has 0 bridgehead atoms. The summed E-state index contributed by atoms with van der Waals surface area (Å²) in [6.07, 6.45) is -0.0315. The molecule has 0 aromatic heterocycles. The molecular weight excluding hydrogens is 222 g/mol. The van der Waals surface area contributed by atoms with Gasteiger partial charge in [-0.3, -0.25) is 0 Å². The molecule has 0 radical (unpaired) electrons. The number of benzene rings is 2. The SMILES string of the molecule is Cc1ccccc1C(OCCN)c1ccccc1. The Balaban J connectivity index is 2.34.